The summed E-state index contributed by atoms with van der Waals surface area (Å²) in [6, 6.07) is -1.05. The van der Waals surface area contributed by atoms with Crippen molar-refractivity contribution in [2.75, 3.05) is 18.6 Å². The third-order valence-corrected chi connectivity index (χ3v) is 3.89. The molecule has 2 atom stereocenters. The Labute approximate surface area is 115 Å². The quantitative estimate of drug-likeness (QED) is 0.595. The van der Waals surface area contributed by atoms with Gasteiger partial charge in [0.15, 0.2) is 0 Å². The number of carbonyl (C=O) groups is 1. The van der Waals surface area contributed by atoms with Gasteiger partial charge in [0.25, 0.3) is 0 Å². The molecule has 0 spiro atoms. The van der Waals surface area contributed by atoms with Gasteiger partial charge in [0.1, 0.15) is 9.84 Å². The Bertz CT molecular complexity index is 387. The monoisotopic (exact) mass is 294 g/mol. The van der Waals surface area contributed by atoms with Crippen LogP contribution in [0.4, 0.5) is 0 Å². The van der Waals surface area contributed by atoms with E-state index < -0.39 is 15.9 Å². The molecule has 1 amide bonds. The number of carbonyl (C=O) groups excluding carboxylic acids is 1. The molecule has 19 heavy (non-hydrogen) atoms. The standard InChI is InChI=1S/C12H26N2O4S/c1-12(2,3)10(5-7-15)14-11(16)9(13)6-8-19(4,17)18/h9-10,15H,5-8,13H2,1-4H3,(H,14,16). The summed E-state index contributed by atoms with van der Waals surface area (Å²) in [5.74, 6) is -0.487. The van der Waals surface area contributed by atoms with Crippen LogP contribution in [0.1, 0.15) is 33.6 Å². The largest absolute Gasteiger partial charge is 0.396 e. The molecule has 0 fully saturated rings. The van der Waals surface area contributed by atoms with E-state index in [1.807, 2.05) is 20.8 Å². The zero-order chi connectivity index (χ0) is 15.3. The molecule has 0 aromatic carbocycles. The molecule has 4 N–H and O–H groups in total. The molecule has 0 bridgehead atoms. The molecular formula is C12H26N2O4S. The van der Waals surface area contributed by atoms with E-state index in [1.165, 1.54) is 0 Å². The maximum Gasteiger partial charge on any atom is 0.237 e. The van der Waals surface area contributed by atoms with Crippen molar-refractivity contribution in [3.63, 3.8) is 0 Å². The fraction of sp³-hybridized carbons (Fsp3) is 0.917. The van der Waals surface area contributed by atoms with Gasteiger partial charge in [-0.1, -0.05) is 20.8 Å². The SMILES string of the molecule is CC(C)(C)C(CCO)NC(=O)C(N)CCS(C)(=O)=O. The average molecular weight is 294 g/mol. The number of nitrogens with one attached hydrogen (secondary N) is 1. The van der Waals surface area contributed by atoms with E-state index in [9.17, 15) is 13.2 Å². The van der Waals surface area contributed by atoms with Crippen molar-refractivity contribution in [2.45, 2.75) is 45.7 Å². The van der Waals surface area contributed by atoms with Crippen LogP contribution in [0.15, 0.2) is 0 Å². The minimum absolute atomic E-state index is 0.0270. The van der Waals surface area contributed by atoms with Gasteiger partial charge in [-0.05, 0) is 18.3 Å². The molecule has 0 aromatic rings. The molecule has 7 heteroatoms. The van der Waals surface area contributed by atoms with Gasteiger partial charge >= 0.3 is 0 Å². The first kappa shape index (κ1) is 18.3. The Morgan fingerprint density at radius 1 is 1.32 bits per heavy atom. The van der Waals surface area contributed by atoms with Gasteiger partial charge in [-0.2, -0.15) is 0 Å². The van der Waals surface area contributed by atoms with Gasteiger partial charge in [0.2, 0.25) is 5.91 Å². The van der Waals surface area contributed by atoms with Crippen LogP contribution in [0.3, 0.4) is 0 Å². The fourth-order valence-electron chi connectivity index (χ4n) is 1.60. The lowest BCUT2D eigenvalue weighted by Gasteiger charge is -2.32. The number of nitrogens with two attached hydrogens (primary N) is 1. The van der Waals surface area contributed by atoms with E-state index >= 15 is 0 Å². The first-order valence-electron chi connectivity index (χ1n) is 6.32. The number of aliphatic hydroxyl groups is 1. The predicted octanol–water partition coefficient (Wildman–Crippen LogP) is -0.338. The fourth-order valence-corrected chi connectivity index (χ4v) is 2.28. The van der Waals surface area contributed by atoms with Gasteiger partial charge in [0, 0.05) is 18.9 Å². The minimum atomic E-state index is -3.12. The summed E-state index contributed by atoms with van der Waals surface area (Å²) in [6.45, 7) is 5.84. The second kappa shape index (κ2) is 7.21. The van der Waals surface area contributed by atoms with Crippen molar-refractivity contribution < 1.29 is 18.3 Å². The molecular weight excluding hydrogens is 268 g/mol. The summed E-state index contributed by atoms with van der Waals surface area (Å²) in [5, 5.41) is 11.8. The van der Waals surface area contributed by atoms with Crippen LogP contribution in [0.25, 0.3) is 0 Å². The maximum absolute atomic E-state index is 11.9. The topological polar surface area (TPSA) is 109 Å². The highest BCUT2D eigenvalue weighted by Gasteiger charge is 2.27. The van der Waals surface area contributed by atoms with Crippen molar-refractivity contribution in [2.24, 2.45) is 11.1 Å². The predicted molar refractivity (Wildman–Crippen MR) is 75.4 cm³/mol. The number of aliphatic hydroxyl groups excluding tert-OH is 1. The molecule has 0 saturated heterocycles. The normalized spacial score (nSPS) is 15.9. The Balaban J connectivity index is 4.48. The summed E-state index contributed by atoms with van der Waals surface area (Å²) in [7, 11) is -3.12. The van der Waals surface area contributed by atoms with E-state index in [2.05, 4.69) is 5.32 Å². The molecule has 6 nitrogen and oxygen atoms in total. The Kier molecular flexibility index (Phi) is 6.96. The molecule has 0 rings (SSSR count). The lowest BCUT2D eigenvalue weighted by atomic mass is 9.84. The van der Waals surface area contributed by atoms with Crippen LogP contribution in [0.2, 0.25) is 0 Å². The first-order valence-corrected chi connectivity index (χ1v) is 8.38. The summed E-state index contributed by atoms with van der Waals surface area (Å²) in [6.07, 6.45) is 1.65. The number of amides is 1. The highest BCUT2D eigenvalue weighted by molar-refractivity contribution is 7.90. The smallest absolute Gasteiger partial charge is 0.237 e. The van der Waals surface area contributed by atoms with Crippen LogP contribution in [-0.2, 0) is 14.6 Å². The molecule has 114 valence electrons. The highest BCUT2D eigenvalue weighted by Crippen LogP contribution is 2.21. The molecule has 0 aliphatic carbocycles. The number of rotatable bonds is 7. The van der Waals surface area contributed by atoms with Gasteiger partial charge in [-0.3, -0.25) is 4.79 Å². The maximum atomic E-state index is 11.9. The van der Waals surface area contributed by atoms with Crippen molar-refractivity contribution in [3.8, 4) is 0 Å². The molecule has 0 aliphatic rings. The summed E-state index contributed by atoms with van der Waals surface area (Å²) in [5.41, 5.74) is 5.47. The summed E-state index contributed by atoms with van der Waals surface area (Å²) >= 11 is 0. The summed E-state index contributed by atoms with van der Waals surface area (Å²) in [4.78, 5) is 11.9. The Hall–Kier alpha value is -0.660. The van der Waals surface area contributed by atoms with E-state index in [-0.39, 0.29) is 36.1 Å². The Morgan fingerprint density at radius 2 is 1.84 bits per heavy atom. The van der Waals surface area contributed by atoms with E-state index in [4.69, 9.17) is 10.8 Å². The third kappa shape index (κ3) is 8.18. The lowest BCUT2D eigenvalue weighted by Crippen LogP contribution is -2.50. The van der Waals surface area contributed by atoms with Crippen molar-refractivity contribution >= 4 is 15.7 Å². The minimum Gasteiger partial charge on any atom is -0.396 e. The van der Waals surface area contributed by atoms with Crippen molar-refractivity contribution in [1.29, 1.82) is 0 Å². The van der Waals surface area contributed by atoms with Crippen LogP contribution in [0.5, 0.6) is 0 Å². The first-order chi connectivity index (χ1) is 8.47. The van der Waals surface area contributed by atoms with Crippen LogP contribution in [0, 0.1) is 5.41 Å². The molecule has 2 unspecified atom stereocenters. The number of sulfone groups is 1. The molecule has 0 saturated carbocycles. The van der Waals surface area contributed by atoms with Crippen LogP contribution in [-0.4, -0.2) is 50.1 Å². The van der Waals surface area contributed by atoms with Gasteiger partial charge in [0.05, 0.1) is 11.8 Å². The number of hydrogen-bond acceptors (Lipinski definition) is 5. The molecule has 0 radical (unpaired) electrons. The van der Waals surface area contributed by atoms with Gasteiger partial charge < -0.3 is 16.2 Å². The van der Waals surface area contributed by atoms with Crippen molar-refractivity contribution in [3.05, 3.63) is 0 Å². The molecule has 0 aliphatic heterocycles. The van der Waals surface area contributed by atoms with E-state index in [1.54, 1.807) is 0 Å². The van der Waals surface area contributed by atoms with Gasteiger partial charge in [-0.15, -0.1) is 0 Å². The zero-order valence-electron chi connectivity index (χ0n) is 12.1. The van der Waals surface area contributed by atoms with E-state index in [0.29, 0.717) is 6.42 Å². The Morgan fingerprint density at radius 3 is 2.21 bits per heavy atom. The zero-order valence-corrected chi connectivity index (χ0v) is 13.0. The highest BCUT2D eigenvalue weighted by atomic mass is 32.2. The van der Waals surface area contributed by atoms with Crippen LogP contribution >= 0.6 is 0 Å². The number of hydrogen-bond donors (Lipinski definition) is 3. The molecule has 0 aromatic heterocycles. The lowest BCUT2D eigenvalue weighted by molar-refractivity contribution is -0.124. The van der Waals surface area contributed by atoms with Crippen molar-refractivity contribution in [1.82, 2.24) is 5.32 Å². The van der Waals surface area contributed by atoms with Crippen LogP contribution < -0.4 is 11.1 Å². The second-order valence-electron chi connectivity index (χ2n) is 5.96. The second-order valence-corrected chi connectivity index (χ2v) is 8.22. The average Bonchev–Trinajstić information content (AvgIpc) is 2.22. The third-order valence-electron chi connectivity index (χ3n) is 2.92. The summed E-state index contributed by atoms with van der Waals surface area (Å²) < 4.78 is 22.0. The molecule has 0 heterocycles. The van der Waals surface area contributed by atoms with Gasteiger partial charge in [-0.25, -0.2) is 8.42 Å². The van der Waals surface area contributed by atoms with E-state index in [0.717, 1.165) is 6.26 Å².